The highest BCUT2D eigenvalue weighted by atomic mass is 35.5. The lowest BCUT2D eigenvalue weighted by molar-refractivity contribution is -0.115. The molecule has 1 fully saturated rings. The van der Waals surface area contributed by atoms with Gasteiger partial charge in [0, 0.05) is 60.9 Å². The molecule has 2 heterocycles. The Morgan fingerprint density at radius 1 is 0.972 bits per heavy atom. The lowest BCUT2D eigenvalue weighted by Crippen LogP contribution is -2.45. The minimum Gasteiger partial charge on any atom is -0.326 e. The molecule has 0 bridgehead atoms. The molecule has 0 spiro atoms. The van der Waals surface area contributed by atoms with Gasteiger partial charge in [-0.05, 0) is 79.4 Å². The van der Waals surface area contributed by atoms with Crippen molar-refractivity contribution in [1.82, 2.24) is 14.8 Å². The van der Waals surface area contributed by atoms with Crippen LogP contribution in [0.3, 0.4) is 0 Å². The minimum absolute atomic E-state index is 0.0551. The van der Waals surface area contributed by atoms with Crippen LogP contribution in [0.2, 0.25) is 5.02 Å². The summed E-state index contributed by atoms with van der Waals surface area (Å²) in [5, 5.41) is 3.77. The topological polar surface area (TPSA) is 48.5 Å². The number of carbonyl (C=O) groups is 1. The van der Waals surface area contributed by atoms with Crippen molar-refractivity contribution in [2.45, 2.75) is 26.2 Å². The van der Waals surface area contributed by atoms with Crippen LogP contribution in [0.4, 0.5) is 5.69 Å². The van der Waals surface area contributed by atoms with Crippen molar-refractivity contribution < 1.29 is 4.79 Å². The molecule has 6 heteroatoms. The number of halogens is 1. The molecule has 1 aromatic heterocycles. The summed E-state index contributed by atoms with van der Waals surface area (Å²) in [6.07, 6.45) is 4.16. The van der Waals surface area contributed by atoms with Gasteiger partial charge in [-0.25, -0.2) is 0 Å². The summed E-state index contributed by atoms with van der Waals surface area (Å²) in [5.41, 5.74) is 9.24. The number of aromatic nitrogens is 1. The summed E-state index contributed by atoms with van der Waals surface area (Å²) < 4.78 is 0. The number of likely N-dealkylation sites (N-methyl/N-ethyl adjacent to an activating group) is 1. The number of pyridine rings is 1. The number of fused-ring (bicyclic) bond motifs is 1. The number of piperazine rings is 1. The van der Waals surface area contributed by atoms with Gasteiger partial charge in [-0.2, -0.15) is 0 Å². The van der Waals surface area contributed by atoms with E-state index in [-0.39, 0.29) is 12.3 Å². The highest BCUT2D eigenvalue weighted by Crippen LogP contribution is 2.33. The standard InChI is InChI=1S/C30H33ClN4O/c1-21-25(20-35-15-13-34(2)14-16-35)4-3-23-17-28(11-12-29(21)23)33-30(36)18-27-10-7-24(19-32-27)22-5-8-26(31)9-6-22/h5-12,17,19H,3-4,13-16,18,20H2,1-2H3,(H,33,36). The second kappa shape index (κ2) is 11.0. The molecular formula is C30H33ClN4O. The van der Waals surface area contributed by atoms with Crippen LogP contribution < -0.4 is 5.32 Å². The molecule has 36 heavy (non-hydrogen) atoms. The third-order valence-corrected chi connectivity index (χ3v) is 7.63. The summed E-state index contributed by atoms with van der Waals surface area (Å²) in [6, 6.07) is 17.9. The van der Waals surface area contributed by atoms with E-state index >= 15 is 0 Å². The Balaban J connectivity index is 1.20. The number of nitrogens with zero attached hydrogens (tertiary/aromatic N) is 3. The van der Waals surface area contributed by atoms with Crippen LogP contribution >= 0.6 is 11.6 Å². The van der Waals surface area contributed by atoms with Gasteiger partial charge in [0.05, 0.1) is 6.42 Å². The number of benzene rings is 2. The van der Waals surface area contributed by atoms with Gasteiger partial charge in [0.25, 0.3) is 0 Å². The van der Waals surface area contributed by atoms with E-state index in [4.69, 9.17) is 11.6 Å². The zero-order valence-corrected chi connectivity index (χ0v) is 21.8. The van der Waals surface area contributed by atoms with E-state index in [0.717, 1.165) is 68.1 Å². The van der Waals surface area contributed by atoms with Gasteiger partial charge in [-0.3, -0.25) is 14.7 Å². The molecule has 5 nitrogen and oxygen atoms in total. The fourth-order valence-corrected chi connectivity index (χ4v) is 5.22. The summed E-state index contributed by atoms with van der Waals surface area (Å²) in [4.78, 5) is 22.2. The molecule has 186 valence electrons. The van der Waals surface area contributed by atoms with Crippen molar-refractivity contribution in [2.24, 2.45) is 0 Å². The molecule has 2 aliphatic rings. The second-order valence-corrected chi connectivity index (χ2v) is 10.4. The first-order chi connectivity index (χ1) is 17.4. The van der Waals surface area contributed by atoms with Crippen molar-refractivity contribution in [2.75, 3.05) is 45.1 Å². The predicted molar refractivity (Wildman–Crippen MR) is 148 cm³/mol. The van der Waals surface area contributed by atoms with Gasteiger partial charge < -0.3 is 10.2 Å². The number of anilines is 1. The maximum absolute atomic E-state index is 12.7. The van der Waals surface area contributed by atoms with Gasteiger partial charge in [0.1, 0.15) is 0 Å². The predicted octanol–water partition coefficient (Wildman–Crippen LogP) is 5.55. The van der Waals surface area contributed by atoms with E-state index in [0.29, 0.717) is 5.02 Å². The molecule has 3 aromatic rings. The molecule has 5 rings (SSSR count). The molecule has 1 amide bonds. The third kappa shape index (κ3) is 5.86. The molecule has 1 aliphatic carbocycles. The summed E-state index contributed by atoms with van der Waals surface area (Å²) in [5.74, 6) is -0.0551. The van der Waals surface area contributed by atoms with E-state index in [2.05, 4.69) is 46.2 Å². The minimum atomic E-state index is -0.0551. The number of nitrogens with one attached hydrogen (secondary N) is 1. The number of aryl methyl sites for hydroxylation is 1. The van der Waals surface area contributed by atoms with E-state index < -0.39 is 0 Å². The molecule has 0 saturated carbocycles. The monoisotopic (exact) mass is 500 g/mol. The van der Waals surface area contributed by atoms with Crippen LogP contribution in [0.1, 0.15) is 30.2 Å². The first kappa shape index (κ1) is 24.7. The summed E-state index contributed by atoms with van der Waals surface area (Å²) in [6.45, 7) is 7.90. The molecule has 1 saturated heterocycles. The van der Waals surface area contributed by atoms with Crippen LogP contribution in [0.15, 0.2) is 66.4 Å². The van der Waals surface area contributed by atoms with E-state index in [1.807, 2.05) is 42.5 Å². The normalized spacial score (nSPS) is 16.6. The van der Waals surface area contributed by atoms with Crippen LogP contribution in [0, 0.1) is 0 Å². The molecule has 0 radical (unpaired) electrons. The molecule has 1 N–H and O–H groups in total. The van der Waals surface area contributed by atoms with Gasteiger partial charge in [0.2, 0.25) is 5.91 Å². The second-order valence-electron chi connectivity index (χ2n) is 9.95. The van der Waals surface area contributed by atoms with Crippen molar-refractivity contribution >= 4 is 28.8 Å². The number of amides is 1. The smallest absolute Gasteiger partial charge is 0.230 e. The van der Waals surface area contributed by atoms with Crippen LogP contribution in [-0.4, -0.2) is 60.5 Å². The maximum atomic E-state index is 12.7. The SMILES string of the molecule is CC1=C(CN2CCN(C)CC2)CCc2cc(NC(=O)Cc3ccc(-c4ccc(Cl)cc4)cn3)ccc21. The van der Waals surface area contributed by atoms with Crippen molar-refractivity contribution in [3.05, 3.63) is 88.2 Å². The van der Waals surface area contributed by atoms with E-state index in [1.54, 1.807) is 11.8 Å². The van der Waals surface area contributed by atoms with Crippen LogP contribution in [-0.2, 0) is 17.6 Å². The first-order valence-electron chi connectivity index (χ1n) is 12.7. The molecular weight excluding hydrogens is 468 g/mol. The molecule has 0 unspecified atom stereocenters. The zero-order valence-electron chi connectivity index (χ0n) is 21.1. The number of hydrogen-bond donors (Lipinski definition) is 1. The Bertz CT molecular complexity index is 1260. The average Bonchev–Trinajstić information content (AvgIpc) is 2.88. The Labute approximate surface area is 218 Å². The van der Waals surface area contributed by atoms with E-state index in [1.165, 1.54) is 16.7 Å². The lowest BCUT2D eigenvalue weighted by Gasteiger charge is -2.34. The lowest BCUT2D eigenvalue weighted by atomic mass is 9.85. The number of allylic oxidation sites excluding steroid dienone is 1. The fraction of sp³-hybridized carbons (Fsp3) is 0.333. The molecule has 0 atom stereocenters. The Morgan fingerprint density at radius 3 is 2.44 bits per heavy atom. The molecule has 2 aromatic carbocycles. The van der Waals surface area contributed by atoms with Gasteiger partial charge in [0.15, 0.2) is 0 Å². The maximum Gasteiger partial charge on any atom is 0.230 e. The molecule has 1 aliphatic heterocycles. The number of hydrogen-bond acceptors (Lipinski definition) is 4. The van der Waals surface area contributed by atoms with E-state index in [9.17, 15) is 4.79 Å². The summed E-state index contributed by atoms with van der Waals surface area (Å²) in [7, 11) is 2.20. The Hall–Kier alpha value is -2.99. The quantitative estimate of drug-likeness (QED) is 0.482. The summed E-state index contributed by atoms with van der Waals surface area (Å²) >= 11 is 5.98. The highest BCUT2D eigenvalue weighted by Gasteiger charge is 2.21. The van der Waals surface area contributed by atoms with Gasteiger partial charge in [-0.15, -0.1) is 0 Å². The Morgan fingerprint density at radius 2 is 1.72 bits per heavy atom. The number of rotatable bonds is 6. The number of carbonyl (C=O) groups excluding carboxylic acids is 1. The first-order valence-corrected chi connectivity index (χ1v) is 13.1. The largest absolute Gasteiger partial charge is 0.326 e. The van der Waals surface area contributed by atoms with Crippen LogP contribution in [0.25, 0.3) is 16.7 Å². The third-order valence-electron chi connectivity index (χ3n) is 7.37. The van der Waals surface area contributed by atoms with Crippen molar-refractivity contribution in [3.63, 3.8) is 0 Å². The van der Waals surface area contributed by atoms with Crippen LogP contribution in [0.5, 0.6) is 0 Å². The van der Waals surface area contributed by atoms with Crippen molar-refractivity contribution in [1.29, 1.82) is 0 Å². The van der Waals surface area contributed by atoms with Crippen molar-refractivity contribution in [3.8, 4) is 11.1 Å². The van der Waals surface area contributed by atoms with Gasteiger partial charge in [-0.1, -0.05) is 41.4 Å². The Kier molecular flexibility index (Phi) is 7.51. The fourth-order valence-electron chi connectivity index (χ4n) is 5.09. The van der Waals surface area contributed by atoms with Gasteiger partial charge >= 0.3 is 0 Å². The average molecular weight is 501 g/mol. The highest BCUT2D eigenvalue weighted by molar-refractivity contribution is 6.30. The zero-order chi connectivity index (χ0) is 25.1.